The highest BCUT2D eigenvalue weighted by atomic mass is 35.5. The number of piperidine rings is 1. The van der Waals surface area contributed by atoms with Crippen molar-refractivity contribution in [2.45, 2.75) is 44.8 Å². The molecule has 0 radical (unpaired) electrons. The molecule has 2 rings (SSSR count). The molecule has 0 spiro atoms. The SMILES string of the molecule is CC(N)C1CCCCN1Cc1ccn[nH]1.Cl. The Morgan fingerprint density at radius 1 is 1.62 bits per heavy atom. The van der Waals surface area contributed by atoms with E-state index in [0.717, 1.165) is 13.1 Å². The van der Waals surface area contributed by atoms with E-state index in [-0.39, 0.29) is 18.4 Å². The van der Waals surface area contributed by atoms with Crippen molar-refractivity contribution >= 4 is 12.4 Å². The molecule has 0 aromatic carbocycles. The maximum atomic E-state index is 6.02. The second-order valence-corrected chi connectivity index (χ2v) is 4.47. The lowest BCUT2D eigenvalue weighted by Crippen LogP contribution is -2.48. The molecule has 1 aliphatic rings. The van der Waals surface area contributed by atoms with Crippen LogP contribution in [0.3, 0.4) is 0 Å². The third-order valence-corrected chi connectivity index (χ3v) is 3.20. The van der Waals surface area contributed by atoms with Crippen molar-refractivity contribution < 1.29 is 0 Å². The first kappa shape index (κ1) is 13.5. The first-order valence-electron chi connectivity index (χ1n) is 5.75. The van der Waals surface area contributed by atoms with E-state index in [2.05, 4.69) is 22.0 Å². The lowest BCUT2D eigenvalue weighted by Gasteiger charge is -2.37. The summed E-state index contributed by atoms with van der Waals surface area (Å²) in [4.78, 5) is 2.47. The molecule has 1 saturated heterocycles. The number of hydrogen-bond acceptors (Lipinski definition) is 3. The lowest BCUT2D eigenvalue weighted by atomic mass is 9.97. The standard InChI is InChI=1S/C11H20N4.ClH/c1-9(12)11-4-2-3-7-15(11)8-10-5-6-13-14-10;/h5-6,9,11H,2-4,7-8,12H2,1H3,(H,13,14);1H. The van der Waals surface area contributed by atoms with Crippen LogP contribution in [-0.2, 0) is 6.54 Å². The van der Waals surface area contributed by atoms with E-state index >= 15 is 0 Å². The van der Waals surface area contributed by atoms with E-state index in [1.54, 1.807) is 6.20 Å². The van der Waals surface area contributed by atoms with Crippen LogP contribution >= 0.6 is 12.4 Å². The summed E-state index contributed by atoms with van der Waals surface area (Å²) < 4.78 is 0. The van der Waals surface area contributed by atoms with Crippen LogP contribution in [0.25, 0.3) is 0 Å². The molecule has 1 fully saturated rings. The molecule has 5 heteroatoms. The number of H-pyrrole nitrogens is 1. The number of nitrogens with one attached hydrogen (secondary N) is 1. The summed E-state index contributed by atoms with van der Waals surface area (Å²) in [5.41, 5.74) is 7.20. The van der Waals surface area contributed by atoms with Crippen LogP contribution in [0.4, 0.5) is 0 Å². The van der Waals surface area contributed by atoms with Gasteiger partial charge in [-0.15, -0.1) is 12.4 Å². The normalized spacial score (nSPS) is 23.8. The quantitative estimate of drug-likeness (QED) is 0.848. The second kappa shape index (κ2) is 6.23. The summed E-state index contributed by atoms with van der Waals surface area (Å²) in [6, 6.07) is 2.82. The van der Waals surface area contributed by atoms with Crippen LogP contribution in [0.1, 0.15) is 31.9 Å². The lowest BCUT2D eigenvalue weighted by molar-refractivity contribution is 0.121. The molecule has 1 aliphatic heterocycles. The summed E-state index contributed by atoms with van der Waals surface area (Å²) in [5, 5.41) is 6.99. The molecule has 0 saturated carbocycles. The van der Waals surface area contributed by atoms with Crippen molar-refractivity contribution in [1.29, 1.82) is 0 Å². The minimum Gasteiger partial charge on any atom is -0.327 e. The Labute approximate surface area is 103 Å². The van der Waals surface area contributed by atoms with E-state index in [4.69, 9.17) is 5.73 Å². The molecule has 16 heavy (non-hydrogen) atoms. The van der Waals surface area contributed by atoms with Gasteiger partial charge in [0, 0.05) is 30.5 Å². The highest BCUT2D eigenvalue weighted by molar-refractivity contribution is 5.85. The first-order valence-corrected chi connectivity index (χ1v) is 5.75. The van der Waals surface area contributed by atoms with Gasteiger partial charge in [0.15, 0.2) is 0 Å². The minimum absolute atomic E-state index is 0. The fourth-order valence-corrected chi connectivity index (χ4v) is 2.40. The van der Waals surface area contributed by atoms with Gasteiger partial charge in [0.1, 0.15) is 0 Å². The summed E-state index contributed by atoms with van der Waals surface area (Å²) in [5.74, 6) is 0. The van der Waals surface area contributed by atoms with Crippen LogP contribution in [0.15, 0.2) is 12.3 Å². The average molecular weight is 245 g/mol. The van der Waals surface area contributed by atoms with Crippen molar-refractivity contribution in [2.75, 3.05) is 6.54 Å². The molecule has 92 valence electrons. The number of nitrogens with zero attached hydrogens (tertiary/aromatic N) is 2. The van der Waals surface area contributed by atoms with Crippen molar-refractivity contribution in [2.24, 2.45) is 5.73 Å². The predicted octanol–water partition coefficient (Wildman–Crippen LogP) is 1.53. The fourth-order valence-electron chi connectivity index (χ4n) is 2.40. The predicted molar refractivity (Wildman–Crippen MR) is 67.5 cm³/mol. The van der Waals surface area contributed by atoms with E-state index < -0.39 is 0 Å². The zero-order valence-electron chi connectivity index (χ0n) is 9.72. The van der Waals surface area contributed by atoms with E-state index in [1.165, 1.54) is 25.0 Å². The Morgan fingerprint density at radius 2 is 2.44 bits per heavy atom. The van der Waals surface area contributed by atoms with E-state index in [9.17, 15) is 0 Å². The van der Waals surface area contributed by atoms with Crippen LogP contribution in [0, 0.1) is 0 Å². The van der Waals surface area contributed by atoms with Gasteiger partial charge in [-0.25, -0.2) is 0 Å². The van der Waals surface area contributed by atoms with Crippen LogP contribution < -0.4 is 5.73 Å². The second-order valence-electron chi connectivity index (χ2n) is 4.47. The van der Waals surface area contributed by atoms with Crippen molar-refractivity contribution in [1.82, 2.24) is 15.1 Å². The third-order valence-electron chi connectivity index (χ3n) is 3.20. The van der Waals surface area contributed by atoms with Gasteiger partial charge < -0.3 is 5.73 Å². The van der Waals surface area contributed by atoms with Gasteiger partial charge in [-0.2, -0.15) is 5.10 Å². The summed E-state index contributed by atoms with van der Waals surface area (Å²) >= 11 is 0. The Hall–Kier alpha value is -0.580. The number of halogens is 1. The first-order chi connectivity index (χ1) is 7.27. The minimum atomic E-state index is 0. The average Bonchev–Trinajstić information content (AvgIpc) is 2.71. The highest BCUT2D eigenvalue weighted by Gasteiger charge is 2.25. The molecule has 0 bridgehead atoms. The Kier molecular flexibility index (Phi) is 5.25. The van der Waals surface area contributed by atoms with Gasteiger partial charge in [-0.3, -0.25) is 10.00 Å². The Morgan fingerprint density at radius 3 is 3.06 bits per heavy atom. The molecule has 4 nitrogen and oxygen atoms in total. The number of aromatic nitrogens is 2. The smallest absolute Gasteiger partial charge is 0.0492 e. The molecule has 1 aromatic heterocycles. The van der Waals surface area contributed by atoms with E-state index in [1.807, 2.05) is 6.07 Å². The largest absolute Gasteiger partial charge is 0.327 e. The zero-order chi connectivity index (χ0) is 10.7. The fraction of sp³-hybridized carbons (Fsp3) is 0.727. The topological polar surface area (TPSA) is 57.9 Å². The molecule has 3 N–H and O–H groups in total. The molecule has 0 amide bonds. The van der Waals surface area contributed by atoms with Gasteiger partial charge in [-0.1, -0.05) is 6.42 Å². The molecular formula is C11H21ClN4. The third kappa shape index (κ3) is 3.20. The van der Waals surface area contributed by atoms with Gasteiger partial charge in [0.25, 0.3) is 0 Å². The van der Waals surface area contributed by atoms with Crippen LogP contribution in [0.2, 0.25) is 0 Å². The van der Waals surface area contributed by atoms with Crippen molar-refractivity contribution in [3.8, 4) is 0 Å². The van der Waals surface area contributed by atoms with Crippen LogP contribution in [0.5, 0.6) is 0 Å². The van der Waals surface area contributed by atoms with Gasteiger partial charge in [0.2, 0.25) is 0 Å². The number of hydrogen-bond donors (Lipinski definition) is 2. The molecular weight excluding hydrogens is 224 g/mol. The molecule has 0 aliphatic carbocycles. The number of rotatable bonds is 3. The van der Waals surface area contributed by atoms with Gasteiger partial charge >= 0.3 is 0 Å². The van der Waals surface area contributed by atoms with Crippen LogP contribution in [-0.4, -0.2) is 33.7 Å². The maximum Gasteiger partial charge on any atom is 0.0492 e. The molecule has 2 unspecified atom stereocenters. The van der Waals surface area contributed by atoms with Crippen molar-refractivity contribution in [3.05, 3.63) is 18.0 Å². The van der Waals surface area contributed by atoms with Gasteiger partial charge in [0.05, 0.1) is 0 Å². The van der Waals surface area contributed by atoms with Crippen molar-refractivity contribution in [3.63, 3.8) is 0 Å². The Balaban J connectivity index is 0.00000128. The van der Waals surface area contributed by atoms with Gasteiger partial charge in [-0.05, 0) is 32.4 Å². The highest BCUT2D eigenvalue weighted by Crippen LogP contribution is 2.20. The maximum absolute atomic E-state index is 6.02. The monoisotopic (exact) mass is 244 g/mol. The Bertz CT molecular complexity index is 286. The number of nitrogens with two attached hydrogens (primary N) is 1. The summed E-state index contributed by atoms with van der Waals surface area (Å²) in [6.45, 7) is 4.22. The zero-order valence-corrected chi connectivity index (χ0v) is 10.5. The number of aromatic amines is 1. The molecule has 2 heterocycles. The summed E-state index contributed by atoms with van der Waals surface area (Å²) in [6.07, 6.45) is 5.63. The molecule has 2 atom stereocenters. The molecule has 1 aromatic rings. The van der Waals surface area contributed by atoms with E-state index in [0.29, 0.717) is 6.04 Å². The number of likely N-dealkylation sites (tertiary alicyclic amines) is 1. The summed E-state index contributed by atoms with van der Waals surface area (Å²) in [7, 11) is 0.